The average molecular weight is 325 g/mol. The van der Waals surface area contributed by atoms with Crippen LogP contribution in [0.1, 0.15) is 6.92 Å². The minimum atomic E-state index is 0.541. The molecule has 0 fully saturated rings. The van der Waals surface area contributed by atoms with E-state index in [0.29, 0.717) is 11.0 Å². The molecular weight excluding hydrogens is 308 g/mol. The van der Waals surface area contributed by atoms with Crippen molar-refractivity contribution in [1.29, 1.82) is 0 Å². The molecule has 0 atom stereocenters. The van der Waals surface area contributed by atoms with Gasteiger partial charge in [-0.05, 0) is 43.3 Å². The summed E-state index contributed by atoms with van der Waals surface area (Å²) < 4.78 is 0. The molecule has 3 aromatic rings. The SMILES string of the molecule is CCN(c1ccccc1)c1ccnc(Nc2cccc(Cl)c2)n1. The van der Waals surface area contributed by atoms with Crippen LogP contribution in [-0.4, -0.2) is 16.5 Å². The molecular formula is C18H17ClN4. The van der Waals surface area contributed by atoms with Gasteiger partial charge in [0.05, 0.1) is 0 Å². The summed E-state index contributed by atoms with van der Waals surface area (Å²) >= 11 is 6.01. The second-order valence-electron chi connectivity index (χ2n) is 4.95. The van der Waals surface area contributed by atoms with E-state index in [2.05, 4.69) is 39.2 Å². The standard InChI is InChI=1S/C18H17ClN4/c1-2-23(16-9-4-3-5-10-16)17-11-12-20-18(22-17)21-15-8-6-7-14(19)13-15/h3-13H,2H2,1H3,(H,20,21,22). The number of halogens is 1. The molecule has 0 spiro atoms. The summed E-state index contributed by atoms with van der Waals surface area (Å²) in [5, 5.41) is 3.85. The van der Waals surface area contributed by atoms with E-state index < -0.39 is 0 Å². The number of anilines is 4. The van der Waals surface area contributed by atoms with Crippen LogP contribution >= 0.6 is 11.6 Å². The summed E-state index contributed by atoms with van der Waals surface area (Å²) in [6, 6.07) is 19.6. The van der Waals surface area contributed by atoms with Gasteiger partial charge in [0.15, 0.2) is 0 Å². The lowest BCUT2D eigenvalue weighted by molar-refractivity contribution is 0.979. The van der Waals surface area contributed by atoms with Gasteiger partial charge in [-0.25, -0.2) is 4.98 Å². The summed E-state index contributed by atoms with van der Waals surface area (Å²) in [7, 11) is 0. The maximum absolute atomic E-state index is 6.01. The van der Waals surface area contributed by atoms with Gasteiger partial charge in [0.1, 0.15) is 5.82 Å². The van der Waals surface area contributed by atoms with Crippen molar-refractivity contribution in [1.82, 2.24) is 9.97 Å². The molecule has 1 N–H and O–H groups in total. The Morgan fingerprint density at radius 1 is 1.04 bits per heavy atom. The van der Waals surface area contributed by atoms with E-state index in [4.69, 9.17) is 11.6 Å². The van der Waals surface area contributed by atoms with E-state index in [1.54, 1.807) is 6.20 Å². The number of para-hydroxylation sites is 1. The lowest BCUT2D eigenvalue weighted by atomic mass is 10.3. The highest BCUT2D eigenvalue weighted by Crippen LogP contribution is 2.24. The van der Waals surface area contributed by atoms with E-state index in [9.17, 15) is 0 Å². The molecule has 1 aromatic heterocycles. The molecule has 0 bridgehead atoms. The minimum absolute atomic E-state index is 0.541. The Kier molecular flexibility index (Phi) is 4.74. The van der Waals surface area contributed by atoms with Crippen molar-refractivity contribution in [3.8, 4) is 0 Å². The zero-order valence-corrected chi connectivity index (χ0v) is 13.5. The van der Waals surface area contributed by atoms with Gasteiger partial charge in [0, 0.05) is 29.1 Å². The van der Waals surface area contributed by atoms with Crippen molar-refractivity contribution in [3.05, 3.63) is 71.9 Å². The molecule has 0 saturated heterocycles. The number of benzene rings is 2. The van der Waals surface area contributed by atoms with Crippen LogP contribution in [0, 0.1) is 0 Å². The molecule has 0 aliphatic rings. The van der Waals surface area contributed by atoms with E-state index in [0.717, 1.165) is 23.7 Å². The number of hydrogen-bond donors (Lipinski definition) is 1. The molecule has 0 saturated carbocycles. The Bertz CT molecular complexity index is 777. The third-order valence-corrected chi connectivity index (χ3v) is 3.62. The highest BCUT2D eigenvalue weighted by Gasteiger charge is 2.09. The summed E-state index contributed by atoms with van der Waals surface area (Å²) in [6.45, 7) is 2.91. The Labute approximate surface area is 140 Å². The lowest BCUT2D eigenvalue weighted by Gasteiger charge is -2.22. The average Bonchev–Trinajstić information content (AvgIpc) is 2.57. The molecule has 4 nitrogen and oxygen atoms in total. The van der Waals surface area contributed by atoms with Crippen LogP contribution in [-0.2, 0) is 0 Å². The van der Waals surface area contributed by atoms with E-state index in [1.807, 2.05) is 48.5 Å². The molecule has 0 radical (unpaired) electrons. The smallest absolute Gasteiger partial charge is 0.229 e. The van der Waals surface area contributed by atoms with Crippen LogP contribution in [0.15, 0.2) is 66.9 Å². The third-order valence-electron chi connectivity index (χ3n) is 3.38. The maximum atomic E-state index is 6.01. The van der Waals surface area contributed by atoms with Crippen LogP contribution < -0.4 is 10.2 Å². The van der Waals surface area contributed by atoms with Crippen LogP contribution in [0.2, 0.25) is 5.02 Å². The summed E-state index contributed by atoms with van der Waals surface area (Å²) in [4.78, 5) is 11.0. The van der Waals surface area contributed by atoms with Gasteiger partial charge in [0.2, 0.25) is 5.95 Å². The fourth-order valence-corrected chi connectivity index (χ4v) is 2.53. The predicted octanol–water partition coefficient (Wildman–Crippen LogP) is 5.03. The first kappa shape index (κ1) is 15.3. The molecule has 3 rings (SSSR count). The Balaban J connectivity index is 1.87. The summed E-state index contributed by atoms with van der Waals surface area (Å²) in [5.41, 5.74) is 1.96. The van der Waals surface area contributed by atoms with Crippen molar-refractivity contribution in [3.63, 3.8) is 0 Å². The van der Waals surface area contributed by atoms with Gasteiger partial charge in [-0.1, -0.05) is 35.9 Å². The first-order chi connectivity index (χ1) is 11.3. The summed E-state index contributed by atoms with van der Waals surface area (Å²) in [6.07, 6.45) is 1.75. The fourth-order valence-electron chi connectivity index (χ4n) is 2.34. The molecule has 0 aliphatic heterocycles. The second-order valence-corrected chi connectivity index (χ2v) is 5.39. The van der Waals surface area contributed by atoms with E-state index in [-0.39, 0.29) is 0 Å². The van der Waals surface area contributed by atoms with Gasteiger partial charge in [-0.15, -0.1) is 0 Å². The number of nitrogens with zero attached hydrogens (tertiary/aromatic N) is 3. The normalized spacial score (nSPS) is 10.3. The van der Waals surface area contributed by atoms with E-state index >= 15 is 0 Å². The second kappa shape index (κ2) is 7.11. The molecule has 0 aliphatic carbocycles. The van der Waals surface area contributed by atoms with Crippen molar-refractivity contribution >= 4 is 34.7 Å². The van der Waals surface area contributed by atoms with Crippen molar-refractivity contribution in [2.24, 2.45) is 0 Å². The monoisotopic (exact) mass is 324 g/mol. The quantitative estimate of drug-likeness (QED) is 0.714. The van der Waals surface area contributed by atoms with Crippen molar-refractivity contribution in [2.75, 3.05) is 16.8 Å². The predicted molar refractivity (Wildman–Crippen MR) is 95.9 cm³/mol. The van der Waals surface area contributed by atoms with Crippen molar-refractivity contribution < 1.29 is 0 Å². The number of hydrogen-bond acceptors (Lipinski definition) is 4. The van der Waals surface area contributed by atoms with Crippen LogP contribution in [0.3, 0.4) is 0 Å². The number of rotatable bonds is 5. The molecule has 0 amide bonds. The zero-order chi connectivity index (χ0) is 16.1. The van der Waals surface area contributed by atoms with Crippen LogP contribution in [0.4, 0.5) is 23.1 Å². The van der Waals surface area contributed by atoms with Gasteiger partial charge < -0.3 is 10.2 Å². The first-order valence-electron chi connectivity index (χ1n) is 7.44. The maximum Gasteiger partial charge on any atom is 0.229 e. The molecule has 23 heavy (non-hydrogen) atoms. The topological polar surface area (TPSA) is 41.1 Å². The fraction of sp³-hybridized carbons (Fsp3) is 0.111. The first-order valence-corrected chi connectivity index (χ1v) is 7.82. The number of aromatic nitrogens is 2. The summed E-state index contributed by atoms with van der Waals surface area (Å²) in [5.74, 6) is 1.39. The van der Waals surface area contributed by atoms with Gasteiger partial charge in [-0.3, -0.25) is 0 Å². The Morgan fingerprint density at radius 2 is 1.87 bits per heavy atom. The third kappa shape index (κ3) is 3.79. The minimum Gasteiger partial charge on any atom is -0.327 e. The zero-order valence-electron chi connectivity index (χ0n) is 12.8. The molecule has 5 heteroatoms. The van der Waals surface area contributed by atoms with Gasteiger partial charge >= 0.3 is 0 Å². The largest absolute Gasteiger partial charge is 0.327 e. The van der Waals surface area contributed by atoms with E-state index in [1.165, 1.54) is 0 Å². The molecule has 1 heterocycles. The van der Waals surface area contributed by atoms with Crippen molar-refractivity contribution in [2.45, 2.75) is 6.92 Å². The highest BCUT2D eigenvalue weighted by atomic mass is 35.5. The molecule has 0 unspecified atom stereocenters. The van der Waals surface area contributed by atoms with Crippen LogP contribution in [0.5, 0.6) is 0 Å². The molecule has 2 aromatic carbocycles. The Morgan fingerprint density at radius 3 is 2.61 bits per heavy atom. The molecule has 116 valence electrons. The highest BCUT2D eigenvalue weighted by molar-refractivity contribution is 6.30. The van der Waals surface area contributed by atoms with Gasteiger partial charge in [-0.2, -0.15) is 4.98 Å². The van der Waals surface area contributed by atoms with Gasteiger partial charge in [0.25, 0.3) is 0 Å². The van der Waals surface area contributed by atoms with Crippen LogP contribution in [0.25, 0.3) is 0 Å². The lowest BCUT2D eigenvalue weighted by Crippen LogP contribution is -2.17. The number of nitrogens with one attached hydrogen (secondary N) is 1. The Hall–Kier alpha value is -2.59.